The van der Waals surface area contributed by atoms with E-state index in [9.17, 15) is 4.79 Å². The van der Waals surface area contributed by atoms with E-state index in [1.54, 1.807) is 14.2 Å². The molecular weight excluding hydrogens is 374 g/mol. The fraction of sp³-hybridized carbons (Fsp3) is 0.500. The number of carbonyl (C=O) groups excluding carboxylic acids is 1. The number of carbonyl (C=O) groups is 1. The molecule has 1 aliphatic carbocycles. The maximum absolute atomic E-state index is 13.2. The summed E-state index contributed by atoms with van der Waals surface area (Å²) >= 11 is 0. The quantitative estimate of drug-likeness (QED) is 0.492. The van der Waals surface area contributed by atoms with Gasteiger partial charge in [0, 0.05) is 5.69 Å². The van der Waals surface area contributed by atoms with Gasteiger partial charge in [-0.05, 0) is 54.3 Å². The Morgan fingerprint density at radius 3 is 2.03 bits per heavy atom. The van der Waals surface area contributed by atoms with Crippen LogP contribution in [0.5, 0.6) is 11.5 Å². The van der Waals surface area contributed by atoms with Crippen molar-refractivity contribution in [3.05, 3.63) is 54.1 Å². The van der Waals surface area contributed by atoms with Crippen LogP contribution in [-0.4, -0.2) is 20.1 Å². The van der Waals surface area contributed by atoms with Gasteiger partial charge in [-0.15, -0.1) is 0 Å². The summed E-state index contributed by atoms with van der Waals surface area (Å²) in [5.41, 5.74) is 2.11. The van der Waals surface area contributed by atoms with E-state index in [2.05, 4.69) is 12.1 Å². The highest BCUT2D eigenvalue weighted by Crippen LogP contribution is 2.46. The summed E-state index contributed by atoms with van der Waals surface area (Å²) in [4.78, 5) is 15.1. The molecule has 1 aliphatic heterocycles. The van der Waals surface area contributed by atoms with Crippen molar-refractivity contribution in [1.29, 1.82) is 0 Å². The number of benzene rings is 2. The summed E-state index contributed by atoms with van der Waals surface area (Å²) in [6.07, 6.45) is 10.3. The van der Waals surface area contributed by atoms with Gasteiger partial charge in [-0.3, -0.25) is 4.79 Å². The van der Waals surface area contributed by atoms with Gasteiger partial charge in [-0.1, -0.05) is 57.1 Å². The fourth-order valence-electron chi connectivity index (χ4n) is 5.15. The van der Waals surface area contributed by atoms with Gasteiger partial charge < -0.3 is 14.4 Å². The number of methoxy groups -OCH3 is 2. The Morgan fingerprint density at radius 1 is 0.833 bits per heavy atom. The van der Waals surface area contributed by atoms with Crippen molar-refractivity contribution in [3.8, 4) is 11.5 Å². The molecular formula is C26H33NO3. The molecule has 160 valence electrons. The van der Waals surface area contributed by atoms with Crippen LogP contribution in [-0.2, 0) is 4.79 Å². The third-order valence-electron chi connectivity index (χ3n) is 6.87. The minimum Gasteiger partial charge on any atom is -0.497 e. The Hall–Kier alpha value is -2.49. The smallest absolute Gasteiger partial charge is 0.233 e. The van der Waals surface area contributed by atoms with E-state index in [1.165, 1.54) is 44.1 Å². The molecule has 0 radical (unpaired) electrons. The van der Waals surface area contributed by atoms with Crippen LogP contribution in [0.1, 0.15) is 63.0 Å². The highest BCUT2D eigenvalue weighted by Gasteiger charge is 2.48. The van der Waals surface area contributed by atoms with Gasteiger partial charge in [0.1, 0.15) is 11.5 Å². The lowest BCUT2D eigenvalue weighted by atomic mass is 9.77. The Labute approximate surface area is 180 Å². The summed E-state index contributed by atoms with van der Waals surface area (Å²) in [6, 6.07) is 16.1. The van der Waals surface area contributed by atoms with E-state index in [1.807, 2.05) is 41.3 Å². The van der Waals surface area contributed by atoms with E-state index in [0.29, 0.717) is 0 Å². The average Bonchev–Trinajstić information content (AvgIpc) is 2.81. The molecule has 30 heavy (non-hydrogen) atoms. The Bertz CT molecular complexity index is 824. The van der Waals surface area contributed by atoms with Gasteiger partial charge >= 0.3 is 0 Å². The molecule has 0 aromatic heterocycles. The Kier molecular flexibility index (Phi) is 6.61. The van der Waals surface area contributed by atoms with Crippen LogP contribution in [0.15, 0.2) is 48.5 Å². The summed E-state index contributed by atoms with van der Waals surface area (Å²) in [6.45, 7) is 0. The van der Waals surface area contributed by atoms with E-state index in [-0.39, 0.29) is 17.9 Å². The molecule has 4 heteroatoms. The third-order valence-corrected chi connectivity index (χ3v) is 6.87. The second kappa shape index (κ2) is 9.55. The Morgan fingerprint density at radius 2 is 1.43 bits per heavy atom. The Balaban J connectivity index is 1.49. The van der Waals surface area contributed by atoms with Gasteiger partial charge in [0.2, 0.25) is 5.91 Å². The number of hydrogen-bond donors (Lipinski definition) is 0. The van der Waals surface area contributed by atoms with Crippen molar-refractivity contribution in [2.45, 2.75) is 57.4 Å². The monoisotopic (exact) mass is 407 g/mol. The van der Waals surface area contributed by atoms with Crippen LogP contribution in [0.2, 0.25) is 0 Å². The molecule has 0 N–H and O–H groups in total. The number of anilines is 1. The maximum atomic E-state index is 13.2. The van der Waals surface area contributed by atoms with Gasteiger partial charge in [0.05, 0.1) is 26.2 Å². The van der Waals surface area contributed by atoms with Crippen LogP contribution >= 0.6 is 0 Å². The van der Waals surface area contributed by atoms with Crippen molar-refractivity contribution in [1.82, 2.24) is 0 Å². The predicted octanol–water partition coefficient (Wildman–Crippen LogP) is 6.16. The molecule has 1 heterocycles. The van der Waals surface area contributed by atoms with Crippen molar-refractivity contribution >= 4 is 11.6 Å². The van der Waals surface area contributed by atoms with Gasteiger partial charge in [-0.25, -0.2) is 0 Å². The van der Waals surface area contributed by atoms with Gasteiger partial charge in [-0.2, -0.15) is 0 Å². The van der Waals surface area contributed by atoms with Crippen LogP contribution in [0.3, 0.4) is 0 Å². The molecule has 1 saturated carbocycles. The molecule has 2 fully saturated rings. The van der Waals surface area contributed by atoms with E-state index in [0.717, 1.165) is 35.9 Å². The molecule has 4 nitrogen and oxygen atoms in total. The zero-order valence-corrected chi connectivity index (χ0v) is 18.2. The standard InChI is InChI=1S/C26H33NO3/c1-29-22-15-11-20(12-16-22)25-24(10-6-9-19-7-4-3-5-8-19)26(28)27(25)21-13-17-23(30-2)18-14-21/h11-19,24-25H,3-10H2,1-2H3/t24-,25+/m0/s1. The molecule has 2 aromatic rings. The number of hydrogen-bond acceptors (Lipinski definition) is 3. The van der Waals surface area contributed by atoms with E-state index in [4.69, 9.17) is 9.47 Å². The van der Waals surface area contributed by atoms with Crippen molar-refractivity contribution in [2.75, 3.05) is 19.1 Å². The zero-order valence-electron chi connectivity index (χ0n) is 18.2. The first-order valence-electron chi connectivity index (χ1n) is 11.3. The van der Waals surface area contributed by atoms with E-state index >= 15 is 0 Å². The molecule has 1 saturated heterocycles. The summed E-state index contributed by atoms with van der Waals surface area (Å²) < 4.78 is 10.6. The molecule has 0 bridgehead atoms. The molecule has 2 aliphatic rings. The van der Waals surface area contributed by atoms with Crippen molar-refractivity contribution in [2.24, 2.45) is 11.8 Å². The average molecular weight is 408 g/mol. The van der Waals surface area contributed by atoms with Crippen molar-refractivity contribution < 1.29 is 14.3 Å². The first-order valence-corrected chi connectivity index (χ1v) is 11.3. The number of amides is 1. The molecule has 4 rings (SSSR count). The summed E-state index contributed by atoms with van der Waals surface area (Å²) in [7, 11) is 3.34. The number of β-lactam (4-membered cyclic amide) rings is 1. The molecule has 0 unspecified atom stereocenters. The second-order valence-corrected chi connectivity index (χ2v) is 8.67. The lowest BCUT2D eigenvalue weighted by Crippen LogP contribution is -2.55. The highest BCUT2D eigenvalue weighted by atomic mass is 16.5. The lowest BCUT2D eigenvalue weighted by molar-refractivity contribution is -0.130. The van der Waals surface area contributed by atoms with Crippen LogP contribution in [0, 0.1) is 11.8 Å². The minimum absolute atomic E-state index is 0.0593. The number of ether oxygens (including phenoxy) is 2. The van der Waals surface area contributed by atoms with Crippen molar-refractivity contribution in [3.63, 3.8) is 0 Å². The normalized spacial score (nSPS) is 21.9. The first-order chi connectivity index (χ1) is 14.7. The second-order valence-electron chi connectivity index (χ2n) is 8.67. The lowest BCUT2D eigenvalue weighted by Gasteiger charge is -2.48. The van der Waals surface area contributed by atoms with Gasteiger partial charge in [0.25, 0.3) is 0 Å². The summed E-state index contributed by atoms with van der Waals surface area (Å²) in [5, 5.41) is 0. The fourth-order valence-corrected chi connectivity index (χ4v) is 5.15. The first kappa shape index (κ1) is 20.8. The predicted molar refractivity (Wildman–Crippen MR) is 120 cm³/mol. The SMILES string of the molecule is COc1ccc([C@@H]2[C@H](CCCC3CCCCC3)C(=O)N2c2ccc(OC)cc2)cc1. The minimum atomic E-state index is 0.0593. The van der Waals surface area contributed by atoms with Gasteiger partial charge in [0.15, 0.2) is 0 Å². The number of rotatable bonds is 8. The van der Waals surface area contributed by atoms with Crippen LogP contribution in [0.4, 0.5) is 5.69 Å². The van der Waals surface area contributed by atoms with Crippen LogP contribution < -0.4 is 14.4 Å². The maximum Gasteiger partial charge on any atom is 0.233 e. The molecule has 0 spiro atoms. The number of nitrogens with zero attached hydrogens (tertiary/aromatic N) is 1. The summed E-state index contributed by atoms with van der Waals surface area (Å²) in [5.74, 6) is 2.81. The zero-order chi connectivity index (χ0) is 20.9. The largest absolute Gasteiger partial charge is 0.497 e. The molecule has 2 aromatic carbocycles. The topological polar surface area (TPSA) is 38.8 Å². The van der Waals surface area contributed by atoms with E-state index < -0.39 is 0 Å². The van der Waals surface area contributed by atoms with Crippen LogP contribution in [0.25, 0.3) is 0 Å². The third kappa shape index (κ3) is 4.33. The highest BCUT2D eigenvalue weighted by molar-refractivity contribution is 6.03. The molecule has 2 atom stereocenters. The molecule has 1 amide bonds.